The molecule has 0 aliphatic heterocycles. The Bertz CT molecular complexity index is 258. The molecule has 1 nitrogen and oxygen atoms in total. The van der Waals surface area contributed by atoms with E-state index >= 15 is 0 Å². The number of aromatic nitrogens is 1. The van der Waals surface area contributed by atoms with Crippen molar-refractivity contribution in [2.45, 2.75) is 32.4 Å². The van der Waals surface area contributed by atoms with E-state index in [9.17, 15) is 0 Å². The van der Waals surface area contributed by atoms with E-state index in [-0.39, 0.29) is 4.75 Å². The molecule has 0 fully saturated rings. The average Bonchev–Trinajstić information content (AvgIpc) is 2.08. The Morgan fingerprint density at radius 2 is 1.91 bits per heavy atom. The number of hydrogen-bond donors (Lipinski definition) is 1. The molecule has 1 heterocycles. The average molecular weight is 187 g/mol. The highest BCUT2D eigenvalue weighted by atomic mass is 32.1. The zero-order valence-electron chi connectivity index (χ0n) is 7.30. The van der Waals surface area contributed by atoms with E-state index in [1.807, 2.05) is 6.92 Å². The second kappa shape index (κ2) is 2.79. The van der Waals surface area contributed by atoms with Crippen LogP contribution in [-0.4, -0.2) is 4.98 Å². The highest BCUT2D eigenvalue weighted by molar-refractivity contribution is 7.81. The quantitative estimate of drug-likeness (QED) is 0.667. The van der Waals surface area contributed by atoms with Crippen LogP contribution in [0, 0.1) is 13.8 Å². The Kier molecular flexibility index (Phi) is 2.30. The Balaban J connectivity index is 3.13. The first-order chi connectivity index (χ1) is 4.91. The van der Waals surface area contributed by atoms with Crippen molar-refractivity contribution in [2.75, 3.05) is 0 Å². The third kappa shape index (κ3) is 1.97. The van der Waals surface area contributed by atoms with Gasteiger partial charge in [-0.15, -0.1) is 11.3 Å². The van der Waals surface area contributed by atoms with Crippen LogP contribution in [0.1, 0.15) is 29.4 Å². The first-order valence-corrected chi connectivity index (χ1v) is 4.84. The fourth-order valence-corrected chi connectivity index (χ4v) is 2.37. The van der Waals surface area contributed by atoms with Crippen LogP contribution >= 0.6 is 24.0 Å². The number of aryl methyl sites for hydroxylation is 2. The molecule has 11 heavy (non-hydrogen) atoms. The van der Waals surface area contributed by atoms with Crippen LogP contribution in [0.15, 0.2) is 0 Å². The molecule has 0 atom stereocenters. The Morgan fingerprint density at radius 1 is 1.36 bits per heavy atom. The predicted octanol–water partition coefficient (Wildman–Crippen LogP) is 2.92. The van der Waals surface area contributed by atoms with E-state index in [4.69, 9.17) is 0 Å². The standard InChI is InChI=1S/C8H13NS2/c1-5-7(8(3,4)10)9-6(2)11-5/h10H,1-4H3. The number of thiol groups is 1. The van der Waals surface area contributed by atoms with Gasteiger partial charge in [0.2, 0.25) is 0 Å². The van der Waals surface area contributed by atoms with E-state index in [1.54, 1.807) is 11.3 Å². The molecule has 0 amide bonds. The molecule has 62 valence electrons. The van der Waals surface area contributed by atoms with Gasteiger partial charge >= 0.3 is 0 Å². The molecule has 0 bridgehead atoms. The smallest absolute Gasteiger partial charge is 0.0900 e. The van der Waals surface area contributed by atoms with Gasteiger partial charge < -0.3 is 0 Å². The van der Waals surface area contributed by atoms with E-state index < -0.39 is 0 Å². The van der Waals surface area contributed by atoms with Gasteiger partial charge in [0.1, 0.15) is 0 Å². The van der Waals surface area contributed by atoms with Crippen molar-refractivity contribution in [3.05, 3.63) is 15.6 Å². The summed E-state index contributed by atoms with van der Waals surface area (Å²) in [5.74, 6) is 0. The third-order valence-electron chi connectivity index (χ3n) is 1.48. The van der Waals surface area contributed by atoms with Gasteiger partial charge in [-0.3, -0.25) is 0 Å². The van der Waals surface area contributed by atoms with Crippen LogP contribution in [0.2, 0.25) is 0 Å². The third-order valence-corrected chi connectivity index (χ3v) is 2.58. The van der Waals surface area contributed by atoms with E-state index in [2.05, 4.69) is 38.4 Å². The number of hydrogen-bond acceptors (Lipinski definition) is 3. The van der Waals surface area contributed by atoms with Gasteiger partial charge in [-0.2, -0.15) is 12.6 Å². The molecule has 0 saturated heterocycles. The Labute approximate surface area is 77.3 Å². The predicted molar refractivity (Wildman–Crippen MR) is 53.6 cm³/mol. The van der Waals surface area contributed by atoms with Crippen LogP contribution in [0.3, 0.4) is 0 Å². The van der Waals surface area contributed by atoms with Crippen molar-refractivity contribution >= 4 is 24.0 Å². The fraction of sp³-hybridized carbons (Fsp3) is 0.625. The Morgan fingerprint density at radius 3 is 2.09 bits per heavy atom. The van der Waals surface area contributed by atoms with Gasteiger partial charge in [0.15, 0.2) is 0 Å². The summed E-state index contributed by atoms with van der Waals surface area (Å²) < 4.78 is -0.102. The fourth-order valence-electron chi connectivity index (χ4n) is 1.10. The Hall–Kier alpha value is -0.0200. The number of rotatable bonds is 1. The summed E-state index contributed by atoms with van der Waals surface area (Å²) in [5.41, 5.74) is 1.11. The first-order valence-electron chi connectivity index (χ1n) is 3.58. The van der Waals surface area contributed by atoms with E-state index in [0.29, 0.717) is 0 Å². The molecule has 0 radical (unpaired) electrons. The van der Waals surface area contributed by atoms with Crippen LogP contribution in [-0.2, 0) is 4.75 Å². The normalized spacial score (nSPS) is 12.1. The molecule has 0 unspecified atom stereocenters. The highest BCUT2D eigenvalue weighted by Crippen LogP contribution is 2.31. The molecule has 3 heteroatoms. The highest BCUT2D eigenvalue weighted by Gasteiger charge is 2.20. The topological polar surface area (TPSA) is 12.9 Å². The van der Waals surface area contributed by atoms with E-state index in [0.717, 1.165) is 10.7 Å². The maximum atomic E-state index is 4.47. The zero-order chi connectivity index (χ0) is 8.65. The second-order valence-corrected chi connectivity index (χ2v) is 5.72. The molecule has 0 aliphatic carbocycles. The van der Waals surface area contributed by atoms with Gasteiger partial charge in [-0.25, -0.2) is 4.98 Å². The second-order valence-electron chi connectivity index (χ2n) is 3.20. The van der Waals surface area contributed by atoms with Crippen molar-refractivity contribution in [2.24, 2.45) is 0 Å². The largest absolute Gasteiger partial charge is 0.245 e. The lowest BCUT2D eigenvalue weighted by atomic mass is 10.1. The summed E-state index contributed by atoms with van der Waals surface area (Å²) in [7, 11) is 0. The van der Waals surface area contributed by atoms with Crippen molar-refractivity contribution in [1.29, 1.82) is 0 Å². The molecule has 1 aromatic heterocycles. The van der Waals surface area contributed by atoms with E-state index in [1.165, 1.54) is 4.88 Å². The van der Waals surface area contributed by atoms with Gasteiger partial charge in [0.05, 0.1) is 15.4 Å². The summed E-state index contributed by atoms with van der Waals surface area (Å²) in [6.45, 7) is 8.26. The molecule has 1 rings (SSSR count). The van der Waals surface area contributed by atoms with Gasteiger partial charge in [0, 0.05) is 4.88 Å². The minimum atomic E-state index is -0.102. The van der Waals surface area contributed by atoms with Crippen LogP contribution in [0.4, 0.5) is 0 Å². The molecule has 1 aromatic rings. The SMILES string of the molecule is Cc1nc(C(C)(C)S)c(C)s1. The molecule has 0 aromatic carbocycles. The van der Waals surface area contributed by atoms with Crippen molar-refractivity contribution in [3.63, 3.8) is 0 Å². The van der Waals surface area contributed by atoms with Crippen molar-refractivity contribution in [1.82, 2.24) is 4.98 Å². The van der Waals surface area contributed by atoms with Gasteiger partial charge in [0.25, 0.3) is 0 Å². The molecule has 0 saturated carbocycles. The zero-order valence-corrected chi connectivity index (χ0v) is 9.01. The monoisotopic (exact) mass is 187 g/mol. The van der Waals surface area contributed by atoms with Crippen LogP contribution in [0.5, 0.6) is 0 Å². The van der Waals surface area contributed by atoms with Gasteiger partial charge in [-0.05, 0) is 27.7 Å². The van der Waals surface area contributed by atoms with Crippen molar-refractivity contribution < 1.29 is 0 Å². The lowest BCUT2D eigenvalue weighted by Gasteiger charge is -2.14. The maximum absolute atomic E-state index is 4.47. The van der Waals surface area contributed by atoms with Crippen molar-refractivity contribution in [3.8, 4) is 0 Å². The number of nitrogens with zero attached hydrogens (tertiary/aromatic N) is 1. The summed E-state index contributed by atoms with van der Waals surface area (Å²) in [4.78, 5) is 5.70. The lowest BCUT2D eigenvalue weighted by Crippen LogP contribution is -2.09. The molecular weight excluding hydrogens is 174 g/mol. The van der Waals surface area contributed by atoms with Crippen LogP contribution < -0.4 is 0 Å². The summed E-state index contributed by atoms with van der Waals surface area (Å²) in [6.07, 6.45) is 0. The summed E-state index contributed by atoms with van der Waals surface area (Å²) >= 11 is 6.21. The lowest BCUT2D eigenvalue weighted by molar-refractivity contribution is 0.753. The molecule has 0 N–H and O–H groups in total. The molecule has 0 spiro atoms. The van der Waals surface area contributed by atoms with Crippen LogP contribution in [0.25, 0.3) is 0 Å². The molecule has 0 aliphatic rings. The maximum Gasteiger partial charge on any atom is 0.0900 e. The minimum absolute atomic E-state index is 0.102. The summed E-state index contributed by atoms with van der Waals surface area (Å²) in [6, 6.07) is 0. The first kappa shape index (κ1) is 9.07. The number of thiazole rings is 1. The molecular formula is C8H13NS2. The van der Waals surface area contributed by atoms with Gasteiger partial charge in [-0.1, -0.05) is 0 Å². The minimum Gasteiger partial charge on any atom is -0.245 e. The summed E-state index contributed by atoms with van der Waals surface area (Å²) in [5, 5.41) is 1.12.